The minimum atomic E-state index is -0.794. The number of carbonyl (C=O) groups is 3. The van der Waals surface area contributed by atoms with Gasteiger partial charge in [-0.15, -0.1) is 0 Å². The molecule has 30 heavy (non-hydrogen) atoms. The van der Waals surface area contributed by atoms with Gasteiger partial charge in [0.2, 0.25) is 5.75 Å². The van der Waals surface area contributed by atoms with Crippen LogP contribution >= 0.6 is 0 Å². The zero-order valence-electron chi connectivity index (χ0n) is 17.4. The highest BCUT2D eigenvalue weighted by atomic mass is 16.5. The van der Waals surface area contributed by atoms with E-state index in [9.17, 15) is 14.4 Å². The van der Waals surface area contributed by atoms with Crippen molar-refractivity contribution in [3.63, 3.8) is 0 Å². The number of barbiturate groups is 1. The molecule has 1 fully saturated rings. The molecule has 8 nitrogen and oxygen atoms in total. The Bertz CT molecular complexity index is 1030. The van der Waals surface area contributed by atoms with Gasteiger partial charge in [-0.1, -0.05) is 6.07 Å². The number of amides is 4. The fraction of sp³-hybridized carbons (Fsp3) is 0.227. The zero-order chi connectivity index (χ0) is 22.0. The molecule has 0 aliphatic carbocycles. The first-order valence-electron chi connectivity index (χ1n) is 9.08. The molecule has 1 N–H and O–H groups in total. The lowest BCUT2D eigenvalue weighted by molar-refractivity contribution is -0.122. The van der Waals surface area contributed by atoms with Crippen LogP contribution < -0.4 is 24.4 Å². The van der Waals surface area contributed by atoms with Crippen LogP contribution in [0.25, 0.3) is 6.08 Å². The number of aryl methyl sites for hydroxylation is 2. The molecule has 2 aromatic carbocycles. The summed E-state index contributed by atoms with van der Waals surface area (Å²) in [7, 11) is 4.41. The molecule has 1 heterocycles. The monoisotopic (exact) mass is 410 g/mol. The second-order valence-corrected chi connectivity index (χ2v) is 6.76. The molecule has 0 unspecified atom stereocenters. The average molecular weight is 410 g/mol. The zero-order valence-corrected chi connectivity index (χ0v) is 17.4. The molecule has 4 amide bonds. The molecular formula is C22H22N2O6. The molecule has 0 radical (unpaired) electrons. The van der Waals surface area contributed by atoms with E-state index in [0.717, 1.165) is 16.0 Å². The molecule has 0 bridgehead atoms. The maximum absolute atomic E-state index is 13.1. The predicted octanol–water partition coefficient (Wildman–Crippen LogP) is 3.00. The maximum Gasteiger partial charge on any atom is 0.335 e. The largest absolute Gasteiger partial charge is 0.493 e. The third kappa shape index (κ3) is 3.84. The summed E-state index contributed by atoms with van der Waals surface area (Å²) in [6.45, 7) is 3.72. The number of nitrogens with one attached hydrogen (secondary N) is 1. The Kier molecular flexibility index (Phi) is 5.77. The Morgan fingerprint density at radius 1 is 0.833 bits per heavy atom. The van der Waals surface area contributed by atoms with Gasteiger partial charge in [0.1, 0.15) is 5.57 Å². The van der Waals surface area contributed by atoms with Gasteiger partial charge in [-0.05, 0) is 60.9 Å². The Hall–Kier alpha value is -3.81. The molecule has 0 saturated carbocycles. The summed E-state index contributed by atoms with van der Waals surface area (Å²) in [5, 5.41) is 2.22. The van der Waals surface area contributed by atoms with Gasteiger partial charge >= 0.3 is 6.03 Å². The SMILES string of the molecule is COc1cc(/C=C2\C(=O)NC(=O)N(c3cc(C)cc(C)c3)C2=O)cc(OC)c1OC. The van der Waals surface area contributed by atoms with Crippen LogP contribution in [-0.2, 0) is 9.59 Å². The van der Waals surface area contributed by atoms with E-state index in [2.05, 4.69) is 5.32 Å². The predicted molar refractivity (Wildman–Crippen MR) is 111 cm³/mol. The van der Waals surface area contributed by atoms with Crippen LogP contribution in [0.15, 0.2) is 35.9 Å². The minimum absolute atomic E-state index is 0.192. The number of imide groups is 2. The van der Waals surface area contributed by atoms with E-state index in [0.29, 0.717) is 28.5 Å². The highest BCUT2D eigenvalue weighted by Gasteiger charge is 2.37. The van der Waals surface area contributed by atoms with Crippen molar-refractivity contribution in [2.75, 3.05) is 26.2 Å². The van der Waals surface area contributed by atoms with E-state index in [1.54, 1.807) is 24.3 Å². The Morgan fingerprint density at radius 2 is 1.40 bits per heavy atom. The normalized spacial score (nSPS) is 15.3. The number of rotatable bonds is 5. The average Bonchev–Trinajstić information content (AvgIpc) is 2.69. The van der Waals surface area contributed by atoms with E-state index in [4.69, 9.17) is 14.2 Å². The lowest BCUT2D eigenvalue weighted by atomic mass is 10.0. The number of anilines is 1. The Balaban J connectivity index is 2.09. The van der Waals surface area contributed by atoms with Crippen molar-refractivity contribution in [3.8, 4) is 17.2 Å². The van der Waals surface area contributed by atoms with Crippen LogP contribution in [0, 0.1) is 13.8 Å². The number of ether oxygens (including phenoxy) is 3. The van der Waals surface area contributed by atoms with Gasteiger partial charge in [-0.3, -0.25) is 14.9 Å². The highest BCUT2D eigenvalue weighted by Crippen LogP contribution is 2.39. The molecule has 8 heteroatoms. The summed E-state index contributed by atoms with van der Waals surface area (Å²) < 4.78 is 15.9. The van der Waals surface area contributed by atoms with Crippen molar-refractivity contribution < 1.29 is 28.6 Å². The summed E-state index contributed by atoms with van der Waals surface area (Å²) in [6, 6.07) is 7.75. The quantitative estimate of drug-likeness (QED) is 0.602. The van der Waals surface area contributed by atoms with E-state index in [-0.39, 0.29) is 5.57 Å². The lowest BCUT2D eigenvalue weighted by Crippen LogP contribution is -2.54. The first-order valence-corrected chi connectivity index (χ1v) is 9.08. The number of urea groups is 1. The van der Waals surface area contributed by atoms with Crippen molar-refractivity contribution in [1.29, 1.82) is 0 Å². The van der Waals surface area contributed by atoms with Crippen molar-refractivity contribution in [1.82, 2.24) is 5.32 Å². The second kappa shape index (κ2) is 8.28. The molecule has 2 aromatic rings. The topological polar surface area (TPSA) is 94.2 Å². The van der Waals surface area contributed by atoms with Crippen molar-refractivity contribution in [2.24, 2.45) is 0 Å². The summed E-state index contributed by atoms with van der Waals surface area (Å²) in [5.41, 5.74) is 2.44. The standard InChI is InChI=1S/C22H22N2O6/c1-12-6-13(2)8-15(7-12)24-21(26)16(20(25)23-22(24)27)9-14-10-17(28-3)19(30-5)18(11-14)29-4/h6-11H,1-5H3,(H,23,25,27)/b16-9+. The van der Waals surface area contributed by atoms with Crippen LogP contribution in [0.2, 0.25) is 0 Å². The molecule has 0 aromatic heterocycles. The van der Waals surface area contributed by atoms with Gasteiger partial charge in [0, 0.05) is 0 Å². The fourth-order valence-electron chi connectivity index (χ4n) is 3.32. The smallest absolute Gasteiger partial charge is 0.335 e. The van der Waals surface area contributed by atoms with Gasteiger partial charge in [-0.25, -0.2) is 9.69 Å². The third-order valence-corrected chi connectivity index (χ3v) is 4.56. The minimum Gasteiger partial charge on any atom is -0.493 e. The molecule has 0 spiro atoms. The summed E-state index contributed by atoms with van der Waals surface area (Å²) in [4.78, 5) is 38.9. The molecule has 1 aliphatic heterocycles. The Morgan fingerprint density at radius 3 is 1.90 bits per heavy atom. The molecular weight excluding hydrogens is 388 g/mol. The van der Waals surface area contributed by atoms with Gasteiger partial charge < -0.3 is 14.2 Å². The number of hydrogen-bond acceptors (Lipinski definition) is 6. The number of benzene rings is 2. The fourth-order valence-corrected chi connectivity index (χ4v) is 3.32. The molecule has 156 valence electrons. The van der Waals surface area contributed by atoms with Gasteiger partial charge in [0.05, 0.1) is 27.0 Å². The molecule has 0 atom stereocenters. The van der Waals surface area contributed by atoms with Crippen LogP contribution in [0.5, 0.6) is 17.2 Å². The van der Waals surface area contributed by atoms with Crippen molar-refractivity contribution in [2.45, 2.75) is 13.8 Å². The first kappa shape index (κ1) is 20.9. The summed E-state index contributed by atoms with van der Waals surface area (Å²) >= 11 is 0. The summed E-state index contributed by atoms with van der Waals surface area (Å²) in [6.07, 6.45) is 1.38. The van der Waals surface area contributed by atoms with Gasteiger partial charge in [0.25, 0.3) is 11.8 Å². The van der Waals surface area contributed by atoms with Gasteiger partial charge in [-0.2, -0.15) is 0 Å². The number of hydrogen-bond donors (Lipinski definition) is 1. The first-order chi connectivity index (χ1) is 14.3. The van der Waals surface area contributed by atoms with E-state index in [1.807, 2.05) is 19.9 Å². The maximum atomic E-state index is 13.1. The number of nitrogens with zero attached hydrogens (tertiary/aromatic N) is 1. The van der Waals surface area contributed by atoms with Crippen molar-refractivity contribution in [3.05, 3.63) is 52.6 Å². The van der Waals surface area contributed by atoms with Gasteiger partial charge in [0.15, 0.2) is 11.5 Å². The van der Waals surface area contributed by atoms with E-state index < -0.39 is 17.8 Å². The molecule has 3 rings (SSSR count). The second-order valence-electron chi connectivity index (χ2n) is 6.76. The Labute approximate surface area is 174 Å². The van der Waals surface area contributed by atoms with E-state index in [1.165, 1.54) is 27.4 Å². The number of carbonyl (C=O) groups excluding carboxylic acids is 3. The summed E-state index contributed by atoms with van der Waals surface area (Å²) in [5.74, 6) is -0.375. The number of methoxy groups -OCH3 is 3. The van der Waals surface area contributed by atoms with Crippen LogP contribution in [0.4, 0.5) is 10.5 Å². The van der Waals surface area contributed by atoms with Crippen LogP contribution in [0.1, 0.15) is 16.7 Å². The molecule has 1 saturated heterocycles. The highest BCUT2D eigenvalue weighted by molar-refractivity contribution is 6.39. The van der Waals surface area contributed by atoms with Crippen molar-refractivity contribution >= 4 is 29.6 Å². The van der Waals surface area contributed by atoms with Crippen LogP contribution in [-0.4, -0.2) is 39.2 Å². The molecule has 1 aliphatic rings. The van der Waals surface area contributed by atoms with E-state index >= 15 is 0 Å². The van der Waals surface area contributed by atoms with Crippen LogP contribution in [0.3, 0.4) is 0 Å². The third-order valence-electron chi connectivity index (χ3n) is 4.56. The lowest BCUT2D eigenvalue weighted by Gasteiger charge is -2.27.